The van der Waals surface area contributed by atoms with E-state index < -0.39 is 6.09 Å². The van der Waals surface area contributed by atoms with E-state index in [1.807, 2.05) is 30.3 Å². The van der Waals surface area contributed by atoms with E-state index in [0.29, 0.717) is 19.6 Å². The van der Waals surface area contributed by atoms with Gasteiger partial charge in [0.1, 0.15) is 6.61 Å². The van der Waals surface area contributed by atoms with Crippen LogP contribution >= 0.6 is 0 Å². The zero-order chi connectivity index (χ0) is 15.8. The Morgan fingerprint density at radius 3 is 2.77 bits per heavy atom. The van der Waals surface area contributed by atoms with Crippen LogP contribution in [-0.2, 0) is 20.9 Å². The first-order valence-electron chi connectivity index (χ1n) is 7.55. The summed E-state index contributed by atoms with van der Waals surface area (Å²) < 4.78 is 10.2. The smallest absolute Gasteiger partial charge is 0.407 e. The van der Waals surface area contributed by atoms with Gasteiger partial charge in [-0.25, -0.2) is 4.79 Å². The minimum atomic E-state index is -0.509. The Balaban J connectivity index is 1.84. The number of alkyl carbamates (subject to hydrolysis) is 1. The number of piperidine rings is 1. The minimum absolute atomic E-state index is 0.210. The third kappa shape index (κ3) is 4.73. The summed E-state index contributed by atoms with van der Waals surface area (Å²) in [6.07, 6.45) is 0.161. The summed E-state index contributed by atoms with van der Waals surface area (Å²) in [5.41, 5.74) is 0.921. The molecule has 1 aromatic rings. The van der Waals surface area contributed by atoms with Crippen molar-refractivity contribution in [2.75, 3.05) is 19.7 Å². The van der Waals surface area contributed by atoms with Crippen molar-refractivity contribution in [1.82, 2.24) is 10.6 Å². The molecule has 1 fully saturated rings. The zero-order valence-corrected chi connectivity index (χ0v) is 12.7. The lowest BCUT2D eigenvalue weighted by Gasteiger charge is -2.30. The topological polar surface area (TPSA) is 76.7 Å². The molecule has 2 rings (SSSR count). The average Bonchev–Trinajstić information content (AvgIpc) is 2.54. The molecule has 22 heavy (non-hydrogen) atoms. The van der Waals surface area contributed by atoms with Crippen LogP contribution in [0.5, 0.6) is 0 Å². The third-order valence-electron chi connectivity index (χ3n) is 3.59. The number of hydrogen-bond acceptors (Lipinski definition) is 5. The van der Waals surface area contributed by atoms with Crippen molar-refractivity contribution in [1.29, 1.82) is 0 Å². The maximum Gasteiger partial charge on any atom is 0.407 e. The Hall–Kier alpha value is -2.08. The highest BCUT2D eigenvalue weighted by Gasteiger charge is 2.33. The van der Waals surface area contributed by atoms with Gasteiger partial charge in [0, 0.05) is 12.6 Å². The van der Waals surface area contributed by atoms with E-state index in [1.165, 1.54) is 0 Å². The molecule has 1 saturated heterocycles. The summed E-state index contributed by atoms with van der Waals surface area (Å²) in [4.78, 5) is 23.8. The predicted molar refractivity (Wildman–Crippen MR) is 81.2 cm³/mol. The average molecular weight is 306 g/mol. The monoisotopic (exact) mass is 306 g/mol. The van der Waals surface area contributed by atoms with Crippen molar-refractivity contribution in [3.05, 3.63) is 35.9 Å². The fraction of sp³-hybridized carbons (Fsp3) is 0.500. The largest absolute Gasteiger partial charge is 0.466 e. The molecule has 6 heteroatoms. The van der Waals surface area contributed by atoms with Crippen LogP contribution in [0.15, 0.2) is 30.3 Å². The Morgan fingerprint density at radius 2 is 2.05 bits per heavy atom. The van der Waals surface area contributed by atoms with Gasteiger partial charge < -0.3 is 20.1 Å². The maximum atomic E-state index is 11.9. The number of esters is 1. The van der Waals surface area contributed by atoms with E-state index in [1.54, 1.807) is 6.92 Å². The molecule has 0 unspecified atom stereocenters. The number of hydrogen-bond donors (Lipinski definition) is 2. The second-order valence-electron chi connectivity index (χ2n) is 5.16. The van der Waals surface area contributed by atoms with Crippen LogP contribution in [0.4, 0.5) is 4.79 Å². The molecule has 120 valence electrons. The third-order valence-corrected chi connectivity index (χ3v) is 3.59. The van der Waals surface area contributed by atoms with Crippen LogP contribution < -0.4 is 10.6 Å². The van der Waals surface area contributed by atoms with Gasteiger partial charge in [-0.05, 0) is 25.5 Å². The van der Waals surface area contributed by atoms with Gasteiger partial charge >= 0.3 is 12.1 Å². The second-order valence-corrected chi connectivity index (χ2v) is 5.16. The number of benzene rings is 1. The van der Waals surface area contributed by atoms with Gasteiger partial charge in [0.25, 0.3) is 0 Å². The molecule has 0 aliphatic carbocycles. The summed E-state index contributed by atoms with van der Waals surface area (Å²) in [5, 5.41) is 5.92. The van der Waals surface area contributed by atoms with Gasteiger partial charge in [-0.3, -0.25) is 4.79 Å². The van der Waals surface area contributed by atoms with Gasteiger partial charge in [-0.15, -0.1) is 0 Å². The molecule has 1 aromatic carbocycles. The molecule has 2 atom stereocenters. The Bertz CT molecular complexity index is 492. The van der Waals surface area contributed by atoms with E-state index in [0.717, 1.165) is 12.1 Å². The lowest BCUT2D eigenvalue weighted by molar-refractivity contribution is -0.149. The Kier molecular flexibility index (Phi) is 6.21. The number of carbonyl (C=O) groups excluding carboxylic acids is 2. The summed E-state index contributed by atoms with van der Waals surface area (Å²) in [7, 11) is 0. The van der Waals surface area contributed by atoms with Crippen molar-refractivity contribution in [3.8, 4) is 0 Å². The highest BCUT2D eigenvalue weighted by atomic mass is 16.5. The van der Waals surface area contributed by atoms with E-state index in [-0.39, 0.29) is 24.5 Å². The van der Waals surface area contributed by atoms with Crippen LogP contribution in [0, 0.1) is 5.92 Å². The molecule has 1 heterocycles. The Labute approximate surface area is 130 Å². The van der Waals surface area contributed by atoms with Crippen LogP contribution in [0.25, 0.3) is 0 Å². The molecule has 0 saturated carbocycles. The van der Waals surface area contributed by atoms with Crippen LogP contribution in [0.2, 0.25) is 0 Å². The van der Waals surface area contributed by atoms with E-state index in [2.05, 4.69) is 10.6 Å². The SMILES string of the molecule is CCOC(=O)[C@@H]1CNCC[C@H]1NC(=O)OCc1ccccc1. The molecule has 6 nitrogen and oxygen atoms in total. The zero-order valence-electron chi connectivity index (χ0n) is 12.7. The first-order valence-corrected chi connectivity index (χ1v) is 7.55. The highest BCUT2D eigenvalue weighted by Crippen LogP contribution is 2.14. The van der Waals surface area contributed by atoms with Crippen molar-refractivity contribution >= 4 is 12.1 Å². The maximum absolute atomic E-state index is 11.9. The van der Waals surface area contributed by atoms with Crippen LogP contribution in [0.3, 0.4) is 0 Å². The van der Waals surface area contributed by atoms with E-state index >= 15 is 0 Å². The fourth-order valence-electron chi connectivity index (χ4n) is 2.44. The van der Waals surface area contributed by atoms with Gasteiger partial charge in [0.2, 0.25) is 0 Å². The number of rotatable bonds is 5. The molecule has 0 radical (unpaired) electrons. The normalized spacial score (nSPS) is 21.0. The lowest BCUT2D eigenvalue weighted by atomic mass is 9.93. The quantitative estimate of drug-likeness (QED) is 0.805. The summed E-state index contributed by atoms with van der Waals surface area (Å²) in [6.45, 7) is 3.56. The van der Waals surface area contributed by atoms with Crippen molar-refractivity contribution < 1.29 is 19.1 Å². The van der Waals surface area contributed by atoms with Crippen LogP contribution in [-0.4, -0.2) is 37.8 Å². The van der Waals surface area contributed by atoms with E-state index in [4.69, 9.17) is 9.47 Å². The molecule has 0 aromatic heterocycles. The number of amides is 1. The second kappa shape index (κ2) is 8.38. The molecular formula is C16H22N2O4. The number of nitrogens with one attached hydrogen (secondary N) is 2. The minimum Gasteiger partial charge on any atom is -0.466 e. The van der Waals surface area contributed by atoms with Crippen molar-refractivity contribution in [2.24, 2.45) is 5.92 Å². The fourth-order valence-corrected chi connectivity index (χ4v) is 2.44. The van der Waals surface area contributed by atoms with Crippen molar-refractivity contribution in [2.45, 2.75) is 26.0 Å². The molecule has 2 N–H and O–H groups in total. The van der Waals surface area contributed by atoms with E-state index in [9.17, 15) is 9.59 Å². The standard InChI is InChI=1S/C16H22N2O4/c1-2-21-15(19)13-10-17-9-8-14(13)18-16(20)22-11-12-6-4-3-5-7-12/h3-7,13-14,17H,2,8-11H2,1H3,(H,18,20)/t13-,14-/m1/s1. The molecular weight excluding hydrogens is 284 g/mol. The van der Waals surface area contributed by atoms with Gasteiger partial charge in [-0.2, -0.15) is 0 Å². The summed E-state index contributed by atoms with van der Waals surface area (Å²) in [6, 6.07) is 9.20. The summed E-state index contributed by atoms with van der Waals surface area (Å²) >= 11 is 0. The number of carbonyl (C=O) groups is 2. The number of ether oxygens (including phenoxy) is 2. The molecule has 0 spiro atoms. The van der Waals surface area contributed by atoms with Crippen molar-refractivity contribution in [3.63, 3.8) is 0 Å². The molecule has 1 aliphatic rings. The molecule has 1 aliphatic heterocycles. The highest BCUT2D eigenvalue weighted by molar-refractivity contribution is 5.75. The van der Waals surface area contributed by atoms with Gasteiger partial charge in [0.15, 0.2) is 0 Å². The molecule has 1 amide bonds. The first kappa shape index (κ1) is 16.3. The summed E-state index contributed by atoms with van der Waals surface area (Å²) in [5.74, 6) is -0.666. The van der Waals surface area contributed by atoms with Gasteiger partial charge in [0.05, 0.1) is 12.5 Å². The predicted octanol–water partition coefficient (Wildman–Crippen LogP) is 1.45. The molecule has 0 bridgehead atoms. The first-order chi connectivity index (χ1) is 10.7. The Morgan fingerprint density at radius 1 is 1.27 bits per heavy atom. The van der Waals surface area contributed by atoms with Crippen LogP contribution in [0.1, 0.15) is 18.9 Å². The lowest BCUT2D eigenvalue weighted by Crippen LogP contribution is -2.52. The van der Waals surface area contributed by atoms with Gasteiger partial charge in [-0.1, -0.05) is 30.3 Å².